The summed E-state index contributed by atoms with van der Waals surface area (Å²) in [6, 6.07) is -0.375. The molecule has 0 aromatic heterocycles. The Morgan fingerprint density at radius 1 is 1.47 bits per heavy atom. The van der Waals surface area contributed by atoms with Gasteiger partial charge in [0.15, 0.2) is 5.66 Å². The number of urea groups is 1. The van der Waals surface area contributed by atoms with Gasteiger partial charge in [-0.2, -0.15) is 0 Å². The van der Waals surface area contributed by atoms with Crippen molar-refractivity contribution in [3.63, 3.8) is 0 Å². The zero-order chi connectivity index (χ0) is 14.7. The Kier molecular flexibility index (Phi) is 4.41. The van der Waals surface area contributed by atoms with E-state index in [1.165, 1.54) is 6.20 Å². The monoisotopic (exact) mass is 270 g/mol. The molecule has 0 saturated heterocycles. The SMILES string of the molecule is CN(C)CC1(NC(=O)OC(C)(C)C)C=CNC(=O)N1. The van der Waals surface area contributed by atoms with Crippen LogP contribution in [0.15, 0.2) is 12.3 Å². The van der Waals surface area contributed by atoms with Crippen molar-refractivity contribution in [2.24, 2.45) is 0 Å². The smallest absolute Gasteiger partial charge is 0.409 e. The number of likely N-dealkylation sites (N-methyl/N-ethyl adjacent to an activating group) is 1. The van der Waals surface area contributed by atoms with Crippen LogP contribution in [0.2, 0.25) is 0 Å². The molecule has 7 nitrogen and oxygen atoms in total. The molecule has 0 aromatic carbocycles. The molecule has 0 bridgehead atoms. The predicted octanol–water partition coefficient (Wildman–Crippen LogP) is 0.595. The first kappa shape index (κ1) is 15.3. The number of hydrogen-bond donors (Lipinski definition) is 3. The highest BCUT2D eigenvalue weighted by Gasteiger charge is 2.35. The second-order valence-corrected chi connectivity index (χ2v) is 5.77. The number of ether oxygens (including phenoxy) is 1. The van der Waals surface area contributed by atoms with Crippen molar-refractivity contribution >= 4 is 12.1 Å². The van der Waals surface area contributed by atoms with Gasteiger partial charge in [0.2, 0.25) is 0 Å². The Morgan fingerprint density at radius 2 is 2.11 bits per heavy atom. The van der Waals surface area contributed by atoms with Crippen molar-refractivity contribution in [1.29, 1.82) is 0 Å². The molecule has 3 amide bonds. The van der Waals surface area contributed by atoms with Crippen LogP contribution in [0.4, 0.5) is 9.59 Å². The first-order valence-electron chi connectivity index (χ1n) is 6.04. The second kappa shape index (κ2) is 5.48. The van der Waals surface area contributed by atoms with Crippen molar-refractivity contribution in [2.75, 3.05) is 20.6 Å². The number of hydrogen-bond acceptors (Lipinski definition) is 4. The number of carbonyl (C=O) groups is 2. The lowest BCUT2D eigenvalue weighted by molar-refractivity contribution is 0.0449. The third-order valence-electron chi connectivity index (χ3n) is 2.21. The van der Waals surface area contributed by atoms with E-state index in [0.29, 0.717) is 6.54 Å². The Morgan fingerprint density at radius 3 is 2.58 bits per heavy atom. The molecule has 0 aliphatic carbocycles. The zero-order valence-electron chi connectivity index (χ0n) is 12.0. The van der Waals surface area contributed by atoms with Gasteiger partial charge < -0.3 is 20.3 Å². The highest BCUT2D eigenvalue weighted by molar-refractivity contribution is 5.79. The summed E-state index contributed by atoms with van der Waals surface area (Å²) in [6.07, 6.45) is 2.60. The second-order valence-electron chi connectivity index (χ2n) is 5.77. The maximum Gasteiger partial charge on any atom is 0.409 e. The Labute approximate surface area is 113 Å². The van der Waals surface area contributed by atoms with E-state index in [4.69, 9.17) is 4.74 Å². The topological polar surface area (TPSA) is 82.7 Å². The van der Waals surface area contributed by atoms with Crippen LogP contribution in [-0.2, 0) is 4.74 Å². The van der Waals surface area contributed by atoms with Crippen LogP contribution < -0.4 is 16.0 Å². The molecule has 1 aliphatic heterocycles. The molecule has 0 spiro atoms. The van der Waals surface area contributed by atoms with Gasteiger partial charge in [0, 0.05) is 12.7 Å². The van der Waals surface area contributed by atoms with Crippen LogP contribution in [0.1, 0.15) is 20.8 Å². The van der Waals surface area contributed by atoms with Crippen molar-refractivity contribution in [3.05, 3.63) is 12.3 Å². The minimum Gasteiger partial charge on any atom is -0.444 e. The minimum absolute atomic E-state index is 0.375. The Bertz CT molecular complexity index is 387. The molecular weight excluding hydrogens is 248 g/mol. The number of nitrogens with one attached hydrogen (secondary N) is 3. The maximum absolute atomic E-state index is 11.9. The third-order valence-corrected chi connectivity index (χ3v) is 2.21. The van der Waals surface area contributed by atoms with Gasteiger partial charge in [-0.3, -0.25) is 5.32 Å². The quantitative estimate of drug-likeness (QED) is 0.701. The van der Waals surface area contributed by atoms with E-state index in [2.05, 4.69) is 16.0 Å². The van der Waals surface area contributed by atoms with Crippen molar-refractivity contribution < 1.29 is 14.3 Å². The predicted molar refractivity (Wildman–Crippen MR) is 71.5 cm³/mol. The van der Waals surface area contributed by atoms with E-state index in [1.54, 1.807) is 26.8 Å². The van der Waals surface area contributed by atoms with Crippen molar-refractivity contribution in [2.45, 2.75) is 32.0 Å². The van der Waals surface area contributed by atoms with Gasteiger partial charge in [-0.1, -0.05) is 0 Å². The lowest BCUT2D eigenvalue weighted by Gasteiger charge is -2.37. The van der Waals surface area contributed by atoms with E-state index < -0.39 is 17.4 Å². The zero-order valence-corrected chi connectivity index (χ0v) is 12.0. The molecular formula is C12H22N4O3. The highest BCUT2D eigenvalue weighted by atomic mass is 16.6. The number of amides is 3. The minimum atomic E-state index is -0.978. The lowest BCUT2D eigenvalue weighted by Crippen LogP contribution is -2.67. The van der Waals surface area contributed by atoms with E-state index in [1.807, 2.05) is 19.0 Å². The van der Waals surface area contributed by atoms with Crippen molar-refractivity contribution in [3.8, 4) is 0 Å². The Hall–Kier alpha value is -1.76. The first-order valence-corrected chi connectivity index (χ1v) is 6.04. The van der Waals surface area contributed by atoms with Gasteiger partial charge in [0.25, 0.3) is 0 Å². The molecule has 0 radical (unpaired) electrons. The van der Waals surface area contributed by atoms with Gasteiger partial charge in [-0.05, 0) is 40.9 Å². The van der Waals surface area contributed by atoms with Gasteiger partial charge in [-0.25, -0.2) is 9.59 Å². The first-order chi connectivity index (χ1) is 8.62. The molecule has 1 unspecified atom stereocenters. The van der Waals surface area contributed by atoms with Crippen LogP contribution in [-0.4, -0.2) is 48.9 Å². The molecule has 19 heavy (non-hydrogen) atoms. The van der Waals surface area contributed by atoms with Gasteiger partial charge >= 0.3 is 12.1 Å². The molecule has 108 valence electrons. The van der Waals surface area contributed by atoms with E-state index >= 15 is 0 Å². The number of rotatable bonds is 3. The molecule has 0 fully saturated rings. The van der Waals surface area contributed by atoms with E-state index in [9.17, 15) is 9.59 Å². The van der Waals surface area contributed by atoms with Crippen LogP contribution >= 0.6 is 0 Å². The number of nitrogens with zero attached hydrogens (tertiary/aromatic N) is 1. The molecule has 0 aromatic rings. The van der Waals surface area contributed by atoms with Gasteiger partial charge in [0.05, 0.1) is 0 Å². The van der Waals surface area contributed by atoms with Crippen LogP contribution in [0.5, 0.6) is 0 Å². The molecule has 1 rings (SSSR count). The highest BCUT2D eigenvalue weighted by Crippen LogP contribution is 2.11. The molecule has 1 atom stereocenters. The van der Waals surface area contributed by atoms with E-state index in [-0.39, 0.29) is 6.03 Å². The lowest BCUT2D eigenvalue weighted by atomic mass is 10.1. The maximum atomic E-state index is 11.9. The fourth-order valence-electron chi connectivity index (χ4n) is 1.73. The van der Waals surface area contributed by atoms with E-state index in [0.717, 1.165) is 0 Å². The molecule has 1 heterocycles. The summed E-state index contributed by atoms with van der Waals surface area (Å²) < 4.78 is 5.21. The summed E-state index contributed by atoms with van der Waals surface area (Å²) in [5.41, 5.74) is -1.57. The standard InChI is InChI=1S/C12H22N4O3/c1-11(2,3)19-10(18)15-12(8-16(4)5)6-7-13-9(17)14-12/h6-7H,8H2,1-5H3,(H,15,18)(H2,13,14,17). The fourth-order valence-corrected chi connectivity index (χ4v) is 1.73. The molecule has 3 N–H and O–H groups in total. The van der Waals surface area contributed by atoms with Crippen LogP contribution in [0.25, 0.3) is 0 Å². The summed E-state index contributed by atoms with van der Waals surface area (Å²) in [7, 11) is 3.70. The Balaban J connectivity index is 2.81. The summed E-state index contributed by atoms with van der Waals surface area (Å²) in [5.74, 6) is 0. The fraction of sp³-hybridized carbons (Fsp3) is 0.667. The summed E-state index contributed by atoms with van der Waals surface area (Å²) in [5, 5.41) is 7.87. The normalized spacial score (nSPS) is 22.7. The number of alkyl carbamates (subject to hydrolysis) is 1. The average molecular weight is 270 g/mol. The summed E-state index contributed by atoms with van der Waals surface area (Å²) in [4.78, 5) is 25.2. The molecule has 1 aliphatic rings. The summed E-state index contributed by atoms with van der Waals surface area (Å²) >= 11 is 0. The van der Waals surface area contributed by atoms with Gasteiger partial charge in [-0.15, -0.1) is 0 Å². The van der Waals surface area contributed by atoms with Crippen molar-refractivity contribution in [1.82, 2.24) is 20.9 Å². The van der Waals surface area contributed by atoms with Crippen LogP contribution in [0.3, 0.4) is 0 Å². The van der Waals surface area contributed by atoms with Gasteiger partial charge in [0.1, 0.15) is 5.60 Å². The van der Waals surface area contributed by atoms with Crippen LogP contribution in [0, 0.1) is 0 Å². The molecule has 7 heteroatoms. The third kappa shape index (κ3) is 5.17. The number of carbonyl (C=O) groups excluding carboxylic acids is 2. The largest absolute Gasteiger partial charge is 0.444 e. The average Bonchev–Trinajstić information content (AvgIpc) is 2.11. The summed E-state index contributed by atoms with van der Waals surface area (Å²) in [6.45, 7) is 5.75. The molecule has 0 saturated carbocycles.